The van der Waals surface area contributed by atoms with E-state index in [2.05, 4.69) is 25.7 Å². The summed E-state index contributed by atoms with van der Waals surface area (Å²) in [4.78, 5) is 0. The highest BCUT2D eigenvalue weighted by Gasteiger charge is 2.04. The van der Waals surface area contributed by atoms with Gasteiger partial charge in [-0.1, -0.05) is 38.2 Å². The van der Waals surface area contributed by atoms with E-state index in [1.165, 1.54) is 12.8 Å². The molecule has 0 heterocycles. The summed E-state index contributed by atoms with van der Waals surface area (Å²) in [7, 11) is 1.61. The molecule has 0 amide bonds. The molecule has 0 saturated carbocycles. The minimum Gasteiger partial charge on any atom is -0.495 e. The summed E-state index contributed by atoms with van der Waals surface area (Å²) in [6.45, 7) is 5.59. The largest absolute Gasteiger partial charge is 0.495 e. The van der Waals surface area contributed by atoms with Crippen molar-refractivity contribution in [2.45, 2.75) is 33.3 Å². The van der Waals surface area contributed by atoms with Gasteiger partial charge in [0, 0.05) is 6.61 Å². The third kappa shape index (κ3) is 5.64. The molecule has 0 aliphatic heterocycles. The molecule has 0 aliphatic rings. The summed E-state index contributed by atoms with van der Waals surface area (Å²) >= 11 is 0. The van der Waals surface area contributed by atoms with E-state index >= 15 is 0 Å². The molecule has 0 spiro atoms. The molecule has 0 radical (unpaired) electrons. The van der Waals surface area contributed by atoms with Crippen molar-refractivity contribution in [2.24, 2.45) is 5.92 Å². The van der Waals surface area contributed by atoms with E-state index in [-0.39, 0.29) is 6.61 Å². The van der Waals surface area contributed by atoms with Crippen LogP contribution in [0, 0.1) is 17.8 Å². The Balaban J connectivity index is 2.62. The van der Waals surface area contributed by atoms with E-state index in [9.17, 15) is 0 Å². The molecule has 0 aromatic heterocycles. The molecule has 1 aromatic rings. The molecule has 110 valence electrons. The zero-order valence-electron chi connectivity index (χ0n) is 12.6. The van der Waals surface area contributed by atoms with E-state index in [1.807, 2.05) is 18.2 Å². The predicted molar refractivity (Wildman–Crippen MR) is 80.7 cm³/mol. The minimum atomic E-state index is -0.154. The van der Waals surface area contributed by atoms with Crippen LogP contribution in [-0.4, -0.2) is 25.4 Å². The van der Waals surface area contributed by atoms with Crippen LogP contribution >= 0.6 is 0 Å². The van der Waals surface area contributed by atoms with Crippen LogP contribution < -0.4 is 4.74 Å². The lowest BCUT2D eigenvalue weighted by molar-refractivity contribution is 0.0893. The second-order valence-electron chi connectivity index (χ2n) is 4.90. The summed E-state index contributed by atoms with van der Waals surface area (Å²) in [5.41, 5.74) is 1.85. The van der Waals surface area contributed by atoms with Crippen LogP contribution in [0.1, 0.15) is 37.8 Å². The molecule has 3 heteroatoms. The van der Waals surface area contributed by atoms with Crippen molar-refractivity contribution in [2.75, 3.05) is 20.3 Å². The van der Waals surface area contributed by atoms with Crippen LogP contribution in [0.15, 0.2) is 18.2 Å². The second-order valence-corrected chi connectivity index (χ2v) is 4.90. The van der Waals surface area contributed by atoms with E-state index in [1.54, 1.807) is 7.11 Å². The third-order valence-electron chi connectivity index (χ3n) is 3.02. The van der Waals surface area contributed by atoms with Crippen LogP contribution in [0.2, 0.25) is 0 Å². The molecule has 20 heavy (non-hydrogen) atoms. The van der Waals surface area contributed by atoms with Crippen LogP contribution in [0.3, 0.4) is 0 Å². The minimum absolute atomic E-state index is 0.154. The molecular weight excluding hydrogens is 252 g/mol. The first-order chi connectivity index (χ1) is 9.71. The van der Waals surface area contributed by atoms with Crippen LogP contribution in [-0.2, 0) is 11.3 Å². The molecular formula is C17H24O3. The van der Waals surface area contributed by atoms with Gasteiger partial charge in [0.1, 0.15) is 12.4 Å². The maximum Gasteiger partial charge on any atom is 0.134 e. The van der Waals surface area contributed by atoms with Gasteiger partial charge in [-0.25, -0.2) is 0 Å². The average molecular weight is 276 g/mol. The Morgan fingerprint density at radius 1 is 1.35 bits per heavy atom. The number of methoxy groups -OCH3 is 1. The zero-order valence-corrected chi connectivity index (χ0v) is 12.6. The Labute approximate surface area is 121 Å². The third-order valence-corrected chi connectivity index (χ3v) is 3.02. The van der Waals surface area contributed by atoms with Gasteiger partial charge in [-0.3, -0.25) is 0 Å². The van der Waals surface area contributed by atoms with Crippen LogP contribution in [0.25, 0.3) is 0 Å². The fraction of sp³-hybridized carbons (Fsp3) is 0.529. The molecule has 3 nitrogen and oxygen atoms in total. The van der Waals surface area contributed by atoms with Crippen molar-refractivity contribution in [3.8, 4) is 17.6 Å². The number of hydrogen-bond donors (Lipinski definition) is 1. The Morgan fingerprint density at radius 3 is 2.80 bits per heavy atom. The SMILES string of the molecule is CCCC(C)COCc1ccc(OC)c(C#CCO)c1. The summed E-state index contributed by atoms with van der Waals surface area (Å²) in [6, 6.07) is 5.81. The summed E-state index contributed by atoms with van der Waals surface area (Å²) in [6.07, 6.45) is 2.38. The number of aliphatic hydroxyl groups excluding tert-OH is 1. The monoisotopic (exact) mass is 276 g/mol. The normalized spacial score (nSPS) is 11.6. The molecule has 1 unspecified atom stereocenters. The highest BCUT2D eigenvalue weighted by molar-refractivity contribution is 5.48. The average Bonchev–Trinajstić information content (AvgIpc) is 2.45. The van der Waals surface area contributed by atoms with Crippen molar-refractivity contribution in [1.29, 1.82) is 0 Å². The second kappa shape index (κ2) is 9.41. The van der Waals surface area contributed by atoms with Crippen molar-refractivity contribution in [3.63, 3.8) is 0 Å². The smallest absolute Gasteiger partial charge is 0.134 e. The molecule has 0 fully saturated rings. The Morgan fingerprint density at radius 2 is 2.15 bits per heavy atom. The van der Waals surface area contributed by atoms with Gasteiger partial charge in [-0.15, -0.1) is 0 Å². The van der Waals surface area contributed by atoms with E-state index in [4.69, 9.17) is 14.6 Å². The van der Waals surface area contributed by atoms with Crippen molar-refractivity contribution in [1.82, 2.24) is 0 Å². The first-order valence-corrected chi connectivity index (χ1v) is 7.05. The molecule has 0 aliphatic carbocycles. The number of aliphatic hydroxyl groups is 1. The van der Waals surface area contributed by atoms with Crippen molar-refractivity contribution >= 4 is 0 Å². The summed E-state index contributed by atoms with van der Waals surface area (Å²) in [5, 5.41) is 8.77. The highest BCUT2D eigenvalue weighted by Crippen LogP contribution is 2.19. The number of hydrogen-bond acceptors (Lipinski definition) is 3. The van der Waals surface area contributed by atoms with E-state index < -0.39 is 0 Å². The fourth-order valence-corrected chi connectivity index (χ4v) is 2.03. The lowest BCUT2D eigenvalue weighted by Crippen LogP contribution is -2.05. The molecule has 0 bridgehead atoms. The molecule has 1 atom stereocenters. The molecule has 1 aromatic carbocycles. The molecule has 0 saturated heterocycles. The van der Waals surface area contributed by atoms with Crippen molar-refractivity contribution < 1.29 is 14.6 Å². The molecule has 1 N–H and O–H groups in total. The van der Waals surface area contributed by atoms with Crippen molar-refractivity contribution in [3.05, 3.63) is 29.3 Å². The van der Waals surface area contributed by atoms with Gasteiger partial charge in [0.05, 0.1) is 19.3 Å². The van der Waals surface area contributed by atoms with Gasteiger partial charge in [0.2, 0.25) is 0 Å². The number of rotatable bonds is 7. The van der Waals surface area contributed by atoms with Crippen LogP contribution in [0.4, 0.5) is 0 Å². The lowest BCUT2D eigenvalue weighted by atomic mass is 10.1. The van der Waals surface area contributed by atoms with Gasteiger partial charge in [0.15, 0.2) is 0 Å². The maximum atomic E-state index is 8.77. The van der Waals surface area contributed by atoms with Gasteiger partial charge >= 0.3 is 0 Å². The Kier molecular flexibility index (Phi) is 7.79. The lowest BCUT2D eigenvalue weighted by Gasteiger charge is -2.11. The standard InChI is InChI=1S/C17H24O3/c1-4-6-14(2)12-20-13-15-8-9-17(19-3)16(11-15)7-5-10-18/h8-9,11,14,18H,4,6,10,12-13H2,1-3H3. The quantitative estimate of drug-likeness (QED) is 0.778. The fourth-order valence-electron chi connectivity index (χ4n) is 2.03. The summed E-state index contributed by atoms with van der Waals surface area (Å²) < 4.78 is 11.0. The maximum absolute atomic E-state index is 8.77. The topological polar surface area (TPSA) is 38.7 Å². The van der Waals surface area contributed by atoms with Crippen LogP contribution in [0.5, 0.6) is 5.75 Å². The van der Waals surface area contributed by atoms with E-state index in [0.717, 1.165) is 17.7 Å². The van der Waals surface area contributed by atoms with Gasteiger partial charge in [-0.2, -0.15) is 0 Å². The van der Waals surface area contributed by atoms with Gasteiger partial charge in [-0.05, 0) is 30.0 Å². The highest BCUT2D eigenvalue weighted by atomic mass is 16.5. The van der Waals surface area contributed by atoms with Gasteiger partial charge in [0.25, 0.3) is 0 Å². The number of benzene rings is 1. The first-order valence-electron chi connectivity index (χ1n) is 7.05. The van der Waals surface area contributed by atoms with E-state index in [0.29, 0.717) is 18.3 Å². The first kappa shape index (κ1) is 16.6. The zero-order chi connectivity index (χ0) is 14.8. The van der Waals surface area contributed by atoms with Gasteiger partial charge < -0.3 is 14.6 Å². The summed E-state index contributed by atoms with van der Waals surface area (Å²) in [5.74, 6) is 6.84. The predicted octanol–water partition coefficient (Wildman–Crippen LogP) is 2.99. The Bertz CT molecular complexity index is 457. The Hall–Kier alpha value is -1.50. The molecule has 1 rings (SSSR count). The number of ether oxygens (including phenoxy) is 2.